The second kappa shape index (κ2) is 8.39. The van der Waals surface area contributed by atoms with Crippen LogP contribution < -0.4 is 16.0 Å². The van der Waals surface area contributed by atoms with Crippen LogP contribution in [0.5, 0.6) is 0 Å². The zero-order valence-corrected chi connectivity index (χ0v) is 13.7. The zero-order valence-electron chi connectivity index (χ0n) is 13.7. The van der Waals surface area contributed by atoms with E-state index in [1.54, 1.807) is 36.4 Å². The monoisotopic (exact) mass is 338 g/mol. The highest BCUT2D eigenvalue weighted by Gasteiger charge is 2.12. The number of nitrogens with one attached hydrogen (secondary N) is 3. The fourth-order valence-electron chi connectivity index (χ4n) is 2.02. The van der Waals surface area contributed by atoms with E-state index < -0.39 is 5.91 Å². The molecule has 1 heterocycles. The summed E-state index contributed by atoms with van der Waals surface area (Å²) in [5.41, 5.74) is 1.31. The summed E-state index contributed by atoms with van der Waals surface area (Å²) < 4.78 is 0. The van der Waals surface area contributed by atoms with Crippen molar-refractivity contribution in [1.82, 2.24) is 10.3 Å². The molecule has 0 saturated carbocycles. The lowest BCUT2D eigenvalue weighted by molar-refractivity contribution is -0.114. The van der Waals surface area contributed by atoms with Crippen LogP contribution in [0.25, 0.3) is 0 Å². The molecule has 2 rings (SSSR count). The Bertz CT molecular complexity index is 817. The van der Waals surface area contributed by atoms with Gasteiger partial charge in [0, 0.05) is 24.8 Å². The number of amides is 3. The lowest BCUT2D eigenvalue weighted by atomic mass is 10.2. The molecule has 128 valence electrons. The van der Waals surface area contributed by atoms with Crippen LogP contribution >= 0.6 is 0 Å². The summed E-state index contributed by atoms with van der Waals surface area (Å²) in [4.78, 5) is 39.4. The van der Waals surface area contributed by atoms with Crippen molar-refractivity contribution in [2.75, 3.05) is 17.2 Å². The fourth-order valence-corrected chi connectivity index (χ4v) is 2.02. The van der Waals surface area contributed by atoms with Crippen LogP contribution in [0.1, 0.15) is 27.9 Å². The van der Waals surface area contributed by atoms with Gasteiger partial charge in [0.1, 0.15) is 11.4 Å². The van der Waals surface area contributed by atoms with Gasteiger partial charge in [-0.15, -0.1) is 6.58 Å². The Morgan fingerprint density at radius 3 is 2.24 bits per heavy atom. The first kappa shape index (κ1) is 17.9. The zero-order chi connectivity index (χ0) is 18.2. The summed E-state index contributed by atoms with van der Waals surface area (Å²) in [6, 6.07) is 11.3. The summed E-state index contributed by atoms with van der Waals surface area (Å²) in [7, 11) is 0. The van der Waals surface area contributed by atoms with E-state index >= 15 is 0 Å². The van der Waals surface area contributed by atoms with Gasteiger partial charge in [0.25, 0.3) is 11.8 Å². The van der Waals surface area contributed by atoms with E-state index in [0.717, 1.165) is 0 Å². The lowest BCUT2D eigenvalue weighted by Gasteiger charge is -2.08. The Morgan fingerprint density at radius 2 is 1.60 bits per heavy atom. The highest BCUT2D eigenvalue weighted by atomic mass is 16.2. The molecular weight excluding hydrogens is 320 g/mol. The Balaban J connectivity index is 2.12. The summed E-state index contributed by atoms with van der Waals surface area (Å²) in [6.45, 7) is 5.23. The Hall–Kier alpha value is -3.48. The summed E-state index contributed by atoms with van der Waals surface area (Å²) in [6.07, 6.45) is 1.55. The second-order valence-corrected chi connectivity index (χ2v) is 5.12. The van der Waals surface area contributed by atoms with Gasteiger partial charge < -0.3 is 16.0 Å². The number of anilines is 2. The maximum Gasteiger partial charge on any atom is 0.274 e. The van der Waals surface area contributed by atoms with Crippen LogP contribution in [0.4, 0.5) is 11.4 Å². The molecule has 0 aliphatic carbocycles. The molecule has 25 heavy (non-hydrogen) atoms. The van der Waals surface area contributed by atoms with Crippen molar-refractivity contribution in [3.05, 3.63) is 66.5 Å². The standard InChI is InChI=1S/C18H18N4O3/c1-3-10-19-17(24)15-8-5-9-16(22-15)18(25)21-14-7-4-6-13(11-14)20-12(2)23/h3-9,11H,1,10H2,2H3,(H,19,24)(H,20,23)(H,21,25). The third-order valence-corrected chi connectivity index (χ3v) is 3.06. The highest BCUT2D eigenvalue weighted by molar-refractivity contribution is 6.04. The predicted octanol–water partition coefficient (Wildman–Crippen LogP) is 2.21. The van der Waals surface area contributed by atoms with Gasteiger partial charge in [-0.25, -0.2) is 4.98 Å². The minimum absolute atomic E-state index is 0.108. The van der Waals surface area contributed by atoms with Gasteiger partial charge in [-0.1, -0.05) is 18.2 Å². The molecule has 0 atom stereocenters. The molecule has 3 N–H and O–H groups in total. The molecule has 2 aromatic rings. The first-order chi connectivity index (χ1) is 12.0. The van der Waals surface area contributed by atoms with E-state index in [1.807, 2.05) is 0 Å². The van der Waals surface area contributed by atoms with E-state index in [1.165, 1.54) is 19.1 Å². The molecule has 0 aliphatic rings. The fraction of sp³-hybridized carbons (Fsp3) is 0.111. The second-order valence-electron chi connectivity index (χ2n) is 5.12. The van der Waals surface area contributed by atoms with Crippen LogP contribution in [0.15, 0.2) is 55.1 Å². The Labute approximate surface area is 145 Å². The number of hydrogen-bond acceptors (Lipinski definition) is 4. The van der Waals surface area contributed by atoms with Gasteiger partial charge in [0.15, 0.2) is 0 Å². The van der Waals surface area contributed by atoms with Gasteiger partial charge in [0.2, 0.25) is 5.91 Å². The van der Waals surface area contributed by atoms with Gasteiger partial charge in [-0.2, -0.15) is 0 Å². The Kier molecular flexibility index (Phi) is 6.00. The number of rotatable bonds is 6. The number of pyridine rings is 1. The summed E-state index contributed by atoms with van der Waals surface area (Å²) in [5.74, 6) is -1.05. The van der Waals surface area contributed by atoms with E-state index in [4.69, 9.17) is 0 Å². The van der Waals surface area contributed by atoms with Crippen molar-refractivity contribution in [2.45, 2.75) is 6.92 Å². The highest BCUT2D eigenvalue weighted by Crippen LogP contribution is 2.16. The number of benzene rings is 1. The molecule has 1 aromatic heterocycles. The largest absolute Gasteiger partial charge is 0.347 e. The number of nitrogens with zero attached hydrogens (tertiary/aromatic N) is 1. The molecule has 7 nitrogen and oxygen atoms in total. The third-order valence-electron chi connectivity index (χ3n) is 3.06. The van der Waals surface area contributed by atoms with Gasteiger partial charge in [-0.05, 0) is 30.3 Å². The minimum Gasteiger partial charge on any atom is -0.347 e. The molecule has 0 saturated heterocycles. The topological polar surface area (TPSA) is 100 Å². The van der Waals surface area contributed by atoms with Crippen LogP contribution in [-0.2, 0) is 4.79 Å². The molecule has 0 aliphatic heterocycles. The average molecular weight is 338 g/mol. The van der Waals surface area contributed by atoms with Crippen LogP contribution in [-0.4, -0.2) is 29.3 Å². The molecule has 3 amide bonds. The summed E-state index contributed by atoms with van der Waals surface area (Å²) >= 11 is 0. The molecule has 0 spiro atoms. The first-order valence-corrected chi connectivity index (χ1v) is 7.55. The maximum absolute atomic E-state index is 12.3. The van der Waals surface area contributed by atoms with Gasteiger partial charge in [-0.3, -0.25) is 14.4 Å². The van der Waals surface area contributed by atoms with E-state index in [0.29, 0.717) is 17.9 Å². The molecule has 0 radical (unpaired) electrons. The van der Waals surface area contributed by atoms with Crippen molar-refractivity contribution >= 4 is 29.1 Å². The SMILES string of the molecule is C=CCNC(=O)c1cccc(C(=O)Nc2cccc(NC(C)=O)c2)n1. The van der Waals surface area contributed by atoms with Crippen molar-refractivity contribution < 1.29 is 14.4 Å². The van der Waals surface area contributed by atoms with Crippen LogP contribution in [0.3, 0.4) is 0 Å². The van der Waals surface area contributed by atoms with Gasteiger partial charge >= 0.3 is 0 Å². The van der Waals surface area contributed by atoms with E-state index in [-0.39, 0.29) is 23.2 Å². The lowest BCUT2D eigenvalue weighted by Crippen LogP contribution is -2.25. The quantitative estimate of drug-likeness (QED) is 0.703. The van der Waals surface area contributed by atoms with E-state index in [9.17, 15) is 14.4 Å². The van der Waals surface area contributed by atoms with Crippen molar-refractivity contribution in [3.63, 3.8) is 0 Å². The van der Waals surface area contributed by atoms with Crippen LogP contribution in [0, 0.1) is 0 Å². The van der Waals surface area contributed by atoms with Crippen LogP contribution in [0.2, 0.25) is 0 Å². The van der Waals surface area contributed by atoms with Crippen molar-refractivity contribution in [2.24, 2.45) is 0 Å². The predicted molar refractivity (Wildman–Crippen MR) is 95.5 cm³/mol. The normalized spacial score (nSPS) is 9.80. The van der Waals surface area contributed by atoms with Crippen molar-refractivity contribution in [1.29, 1.82) is 0 Å². The molecular formula is C18H18N4O3. The maximum atomic E-state index is 12.3. The van der Waals surface area contributed by atoms with Crippen molar-refractivity contribution in [3.8, 4) is 0 Å². The smallest absolute Gasteiger partial charge is 0.274 e. The molecule has 0 bridgehead atoms. The third kappa shape index (κ3) is 5.28. The molecule has 0 fully saturated rings. The number of aromatic nitrogens is 1. The number of carbonyl (C=O) groups excluding carboxylic acids is 3. The first-order valence-electron chi connectivity index (χ1n) is 7.55. The number of carbonyl (C=O) groups is 3. The van der Waals surface area contributed by atoms with E-state index in [2.05, 4.69) is 27.5 Å². The number of hydrogen-bond donors (Lipinski definition) is 3. The minimum atomic E-state index is -0.460. The molecule has 7 heteroatoms. The van der Waals surface area contributed by atoms with Gasteiger partial charge in [0.05, 0.1) is 0 Å². The Morgan fingerprint density at radius 1 is 1.00 bits per heavy atom. The summed E-state index contributed by atoms with van der Waals surface area (Å²) in [5, 5.41) is 7.91. The molecule has 1 aromatic carbocycles. The molecule has 0 unspecified atom stereocenters. The average Bonchev–Trinajstić information content (AvgIpc) is 2.59.